The predicted octanol–water partition coefficient (Wildman–Crippen LogP) is 3.13. The van der Waals surface area contributed by atoms with Gasteiger partial charge < -0.3 is 25.1 Å². The van der Waals surface area contributed by atoms with Crippen LogP contribution in [-0.2, 0) is 35.8 Å². The second-order valence-electron chi connectivity index (χ2n) is 8.70. The lowest BCUT2D eigenvalue weighted by Gasteiger charge is -2.14. The van der Waals surface area contributed by atoms with Crippen LogP contribution in [0.3, 0.4) is 0 Å². The van der Waals surface area contributed by atoms with Gasteiger partial charge in [-0.3, -0.25) is 14.5 Å². The fourth-order valence-corrected chi connectivity index (χ4v) is 4.32. The summed E-state index contributed by atoms with van der Waals surface area (Å²) in [7, 11) is -6.09. The molecule has 1 saturated heterocycles. The third kappa shape index (κ3) is 9.18. The number of esters is 1. The number of cyclic esters (lactones) is 1. The number of hydrogen-bond donors (Lipinski definition) is 2. The average molecular weight is 648 g/mol. The van der Waals surface area contributed by atoms with E-state index in [-0.39, 0.29) is 32.1 Å². The molecule has 2 heterocycles. The molecule has 232 valence electrons. The van der Waals surface area contributed by atoms with Gasteiger partial charge in [-0.2, -0.15) is 13.2 Å². The van der Waals surface area contributed by atoms with Crippen molar-refractivity contribution < 1.29 is 54.4 Å². The second kappa shape index (κ2) is 13.9. The standard InChI is InChI=1S/C24H23FN4O5S.CHF3O3S/c1-14(30)27-10-19-11-29(24(32)34-19)18-6-7-20(21(25)8-18)15-2-4-16(5-3-15)23-28-17(13-35-23)12-33-22(31)9-26;2-1(3,4)8(5,6)7/h2-8,13,19H,9-12,26H2,1H3,(H,27,30);(H,5,6,7)/p-1/t19-;/m0./s1. The van der Waals surface area contributed by atoms with E-state index >= 15 is 0 Å². The molecule has 12 nitrogen and oxygen atoms in total. The van der Waals surface area contributed by atoms with Crippen molar-refractivity contribution in [2.45, 2.75) is 25.1 Å². The van der Waals surface area contributed by atoms with Gasteiger partial charge in [0.25, 0.3) is 0 Å². The summed E-state index contributed by atoms with van der Waals surface area (Å²) in [4.78, 5) is 40.3. The minimum Gasteiger partial charge on any atom is -0.741 e. The summed E-state index contributed by atoms with van der Waals surface area (Å²) in [6, 6.07) is 11.8. The smallest absolute Gasteiger partial charge is 0.485 e. The van der Waals surface area contributed by atoms with Gasteiger partial charge in [-0.25, -0.2) is 22.6 Å². The van der Waals surface area contributed by atoms with Crippen LogP contribution in [0.15, 0.2) is 47.8 Å². The van der Waals surface area contributed by atoms with Gasteiger partial charge in [0.2, 0.25) is 5.91 Å². The first-order chi connectivity index (χ1) is 20.1. The summed E-state index contributed by atoms with van der Waals surface area (Å²) in [5.74, 6) is -1.20. The maximum absolute atomic E-state index is 15.0. The highest BCUT2D eigenvalue weighted by molar-refractivity contribution is 7.86. The van der Waals surface area contributed by atoms with Gasteiger partial charge in [0.15, 0.2) is 10.1 Å². The lowest BCUT2D eigenvalue weighted by atomic mass is 10.0. The minimum absolute atomic E-state index is 0.0563. The van der Waals surface area contributed by atoms with Crippen LogP contribution in [0, 0.1) is 5.82 Å². The molecule has 0 spiro atoms. The van der Waals surface area contributed by atoms with Crippen molar-refractivity contribution in [1.29, 1.82) is 0 Å². The van der Waals surface area contributed by atoms with E-state index in [4.69, 9.17) is 28.2 Å². The maximum atomic E-state index is 15.0. The molecule has 0 radical (unpaired) electrons. The number of nitrogens with two attached hydrogens (primary N) is 1. The van der Waals surface area contributed by atoms with Crippen molar-refractivity contribution in [3.63, 3.8) is 0 Å². The fraction of sp³-hybridized carbons (Fsp3) is 0.280. The van der Waals surface area contributed by atoms with Crippen molar-refractivity contribution in [2.75, 3.05) is 24.5 Å². The molecule has 0 aliphatic carbocycles. The molecule has 1 aliphatic rings. The van der Waals surface area contributed by atoms with Crippen LogP contribution in [0.2, 0.25) is 0 Å². The number of thiazole rings is 1. The molecule has 18 heteroatoms. The number of anilines is 1. The number of rotatable bonds is 8. The Morgan fingerprint density at radius 3 is 2.40 bits per heavy atom. The summed E-state index contributed by atoms with van der Waals surface area (Å²) in [5.41, 5.74) is 2.47. The zero-order valence-corrected chi connectivity index (χ0v) is 23.7. The van der Waals surface area contributed by atoms with Crippen molar-refractivity contribution in [2.24, 2.45) is 5.73 Å². The highest BCUT2D eigenvalue weighted by atomic mass is 32.2. The monoisotopic (exact) mass is 647 g/mol. The van der Waals surface area contributed by atoms with Crippen molar-refractivity contribution in [3.05, 3.63) is 59.4 Å². The van der Waals surface area contributed by atoms with Crippen LogP contribution in [0.5, 0.6) is 0 Å². The number of halogens is 4. The van der Waals surface area contributed by atoms with Gasteiger partial charge in [0.05, 0.1) is 31.0 Å². The Morgan fingerprint density at radius 1 is 1.21 bits per heavy atom. The number of nitrogens with zero attached hydrogens (tertiary/aromatic N) is 2. The zero-order valence-electron chi connectivity index (χ0n) is 22.1. The van der Waals surface area contributed by atoms with Crippen LogP contribution in [-0.4, -0.2) is 67.2 Å². The summed E-state index contributed by atoms with van der Waals surface area (Å²) in [6.45, 7) is 1.67. The molecule has 43 heavy (non-hydrogen) atoms. The normalized spacial score (nSPS) is 14.9. The number of aromatic nitrogens is 1. The number of carbonyl (C=O) groups is 3. The molecule has 2 aromatic carbocycles. The average Bonchev–Trinajstić information content (AvgIpc) is 3.56. The van der Waals surface area contributed by atoms with Crippen LogP contribution in [0.25, 0.3) is 21.7 Å². The molecule has 1 aliphatic heterocycles. The van der Waals surface area contributed by atoms with Gasteiger partial charge in [0.1, 0.15) is 23.5 Å². The molecule has 2 amide bonds. The molecular formula is C25H23F4N4O8S2-. The first-order valence-electron chi connectivity index (χ1n) is 12.0. The van der Waals surface area contributed by atoms with Gasteiger partial charge in [-0.05, 0) is 23.8 Å². The molecule has 0 unspecified atom stereocenters. The molecule has 0 bridgehead atoms. The summed E-state index contributed by atoms with van der Waals surface area (Å²) in [6.07, 6.45) is -1.08. The van der Waals surface area contributed by atoms with Gasteiger partial charge in [-0.1, -0.05) is 24.3 Å². The number of hydrogen-bond acceptors (Lipinski definition) is 11. The fourth-order valence-electron chi connectivity index (χ4n) is 3.51. The van der Waals surface area contributed by atoms with Gasteiger partial charge in [0, 0.05) is 23.4 Å². The molecule has 0 saturated carbocycles. The van der Waals surface area contributed by atoms with Gasteiger partial charge in [-0.15, -0.1) is 11.3 Å². The predicted molar refractivity (Wildman–Crippen MR) is 144 cm³/mol. The van der Waals surface area contributed by atoms with Crippen LogP contribution in [0.4, 0.5) is 28.0 Å². The number of benzene rings is 2. The van der Waals surface area contributed by atoms with Crippen LogP contribution in [0.1, 0.15) is 12.6 Å². The molecule has 1 atom stereocenters. The Bertz CT molecular complexity index is 1580. The van der Waals surface area contributed by atoms with Gasteiger partial charge >= 0.3 is 17.6 Å². The SMILES string of the molecule is CC(=O)NC[C@H]1CN(c2ccc(-c3ccc(-c4nc(COC(=O)CN)cs4)cc3)c(F)c2)C(=O)O1.O=S(=O)([O-])C(F)(F)F. The van der Waals surface area contributed by atoms with E-state index in [0.717, 1.165) is 10.6 Å². The molecule has 3 N–H and O–H groups in total. The lowest BCUT2D eigenvalue weighted by molar-refractivity contribution is -0.143. The molecule has 1 aromatic heterocycles. The number of nitrogens with one attached hydrogen (secondary N) is 1. The Kier molecular flexibility index (Phi) is 10.8. The Labute approximate surface area is 246 Å². The first-order valence-corrected chi connectivity index (χ1v) is 14.3. The second-order valence-corrected chi connectivity index (χ2v) is 10.9. The van der Waals surface area contributed by atoms with E-state index in [2.05, 4.69) is 10.3 Å². The van der Waals surface area contributed by atoms with E-state index in [1.54, 1.807) is 29.6 Å². The lowest BCUT2D eigenvalue weighted by Crippen LogP contribution is -2.33. The van der Waals surface area contributed by atoms with E-state index in [9.17, 15) is 31.9 Å². The quantitative estimate of drug-likeness (QED) is 0.160. The zero-order chi connectivity index (χ0) is 31.9. The molecule has 4 rings (SSSR count). The number of amides is 2. The van der Waals surface area contributed by atoms with Crippen LogP contribution < -0.4 is 16.0 Å². The third-order valence-corrected chi connectivity index (χ3v) is 7.05. The third-order valence-electron chi connectivity index (χ3n) is 5.54. The topological polar surface area (TPSA) is 181 Å². The minimum atomic E-state index is -6.09. The maximum Gasteiger partial charge on any atom is 0.485 e. The van der Waals surface area contributed by atoms with E-state index in [1.165, 1.54) is 29.2 Å². The highest BCUT2D eigenvalue weighted by Crippen LogP contribution is 2.31. The van der Waals surface area contributed by atoms with E-state index in [1.807, 2.05) is 12.1 Å². The molecule has 1 fully saturated rings. The Balaban J connectivity index is 0.000000557. The largest absolute Gasteiger partial charge is 0.741 e. The Hall–Kier alpha value is -4.13. The first kappa shape index (κ1) is 33.4. The Morgan fingerprint density at radius 2 is 1.84 bits per heavy atom. The summed E-state index contributed by atoms with van der Waals surface area (Å²) >= 11 is 1.41. The van der Waals surface area contributed by atoms with Crippen molar-refractivity contribution >= 4 is 45.1 Å². The molecule has 3 aromatic rings. The van der Waals surface area contributed by atoms with Crippen molar-refractivity contribution in [1.82, 2.24) is 10.3 Å². The summed E-state index contributed by atoms with van der Waals surface area (Å²) < 4.78 is 84.1. The highest BCUT2D eigenvalue weighted by Gasteiger charge is 2.37. The van der Waals surface area contributed by atoms with Crippen molar-refractivity contribution in [3.8, 4) is 21.7 Å². The van der Waals surface area contributed by atoms with E-state index < -0.39 is 39.6 Å². The number of carbonyl (C=O) groups excluding carboxylic acids is 3. The number of alkyl halides is 3. The van der Waals surface area contributed by atoms with E-state index in [0.29, 0.717) is 22.5 Å². The molecular weight excluding hydrogens is 624 g/mol. The number of ether oxygens (including phenoxy) is 2. The summed E-state index contributed by atoms with van der Waals surface area (Å²) in [5, 5.41) is 5.15. The van der Waals surface area contributed by atoms with Crippen LogP contribution >= 0.6 is 11.3 Å².